The number of aromatic nitrogens is 4. The predicted octanol–water partition coefficient (Wildman–Crippen LogP) is 3.85. The number of nitrogens with zero attached hydrogens (tertiary/aromatic N) is 4. The van der Waals surface area contributed by atoms with Gasteiger partial charge < -0.3 is 10.6 Å². The van der Waals surface area contributed by atoms with Gasteiger partial charge in [0.05, 0.1) is 39.1 Å². The van der Waals surface area contributed by atoms with Crippen molar-refractivity contribution in [3.8, 4) is 0 Å². The topological polar surface area (TPSA) is 131 Å². The van der Waals surface area contributed by atoms with Gasteiger partial charge in [-0.15, -0.1) is 11.3 Å². The Morgan fingerprint density at radius 2 is 2.03 bits per heavy atom. The molecule has 0 bridgehead atoms. The Kier molecular flexibility index (Phi) is 6.43. The number of carbonyl (C=O) groups excluding carboxylic acids is 1. The molecule has 178 valence electrons. The van der Waals surface area contributed by atoms with E-state index >= 15 is 0 Å². The number of carbonyl (C=O) groups is 1. The third-order valence-corrected chi connectivity index (χ3v) is 7.09. The minimum atomic E-state index is -3.82. The number of amides is 1. The van der Waals surface area contributed by atoms with Crippen LogP contribution < -0.4 is 15.4 Å². The summed E-state index contributed by atoms with van der Waals surface area (Å²) in [5.74, 6) is -2.91. The fourth-order valence-corrected chi connectivity index (χ4v) is 5.21. The van der Waals surface area contributed by atoms with Gasteiger partial charge in [-0.2, -0.15) is 5.10 Å². The maximum absolute atomic E-state index is 14.9. The highest BCUT2D eigenvalue weighted by Crippen LogP contribution is 2.32. The van der Waals surface area contributed by atoms with Gasteiger partial charge in [-0.1, -0.05) is 6.92 Å². The number of hydrogen-bond donors (Lipinski definition) is 3. The molecule has 0 fully saturated rings. The van der Waals surface area contributed by atoms with Gasteiger partial charge in [0.25, 0.3) is 5.91 Å². The lowest BCUT2D eigenvalue weighted by Crippen LogP contribution is -2.19. The summed E-state index contributed by atoms with van der Waals surface area (Å²) < 4.78 is 57.5. The molecule has 3 aromatic heterocycles. The van der Waals surface area contributed by atoms with Gasteiger partial charge in [0.1, 0.15) is 17.8 Å². The van der Waals surface area contributed by atoms with Crippen LogP contribution in [0.5, 0.6) is 0 Å². The monoisotopic (exact) mass is 507 g/mol. The van der Waals surface area contributed by atoms with E-state index in [1.165, 1.54) is 23.0 Å². The average Bonchev–Trinajstić information content (AvgIpc) is 3.39. The van der Waals surface area contributed by atoms with Crippen molar-refractivity contribution in [3.63, 3.8) is 0 Å². The predicted molar refractivity (Wildman–Crippen MR) is 126 cm³/mol. The van der Waals surface area contributed by atoms with Gasteiger partial charge in [-0.25, -0.2) is 27.2 Å². The number of aryl methyl sites for hydroxylation is 1. The summed E-state index contributed by atoms with van der Waals surface area (Å²) in [6.45, 7) is 1.65. The largest absolute Gasteiger partial charge is 0.336 e. The fourth-order valence-electron chi connectivity index (χ4n) is 3.14. The summed E-state index contributed by atoms with van der Waals surface area (Å²) in [6.07, 6.45) is 4.91. The molecule has 1 amide bonds. The lowest BCUT2D eigenvalue weighted by Gasteiger charge is -2.12. The number of fused-ring (bicyclic) bond motifs is 1. The molecule has 3 N–H and O–H groups in total. The SMILES string of the molecule is CCCS(=O)(=O)Nc1ccc(F)c(NC(=O)c2csc3c(Nc4cnn(C)c4)ncnc23)c1F. The van der Waals surface area contributed by atoms with Gasteiger partial charge in [0.15, 0.2) is 11.6 Å². The summed E-state index contributed by atoms with van der Waals surface area (Å²) in [4.78, 5) is 21.2. The van der Waals surface area contributed by atoms with Gasteiger partial charge in [-0.05, 0) is 18.6 Å². The first-order valence-corrected chi connectivity index (χ1v) is 12.5. The molecule has 4 rings (SSSR count). The summed E-state index contributed by atoms with van der Waals surface area (Å²) in [6, 6.07) is 1.82. The van der Waals surface area contributed by atoms with Crippen molar-refractivity contribution >= 4 is 60.4 Å². The number of thiophene rings is 1. The molecule has 3 heterocycles. The molecule has 0 unspecified atom stereocenters. The molecular formula is C20H19F2N7O3S2. The highest BCUT2D eigenvalue weighted by atomic mass is 32.2. The van der Waals surface area contributed by atoms with E-state index < -0.39 is 38.9 Å². The van der Waals surface area contributed by atoms with Gasteiger partial charge in [0, 0.05) is 18.6 Å². The van der Waals surface area contributed by atoms with Crippen molar-refractivity contribution in [1.82, 2.24) is 19.7 Å². The van der Waals surface area contributed by atoms with Gasteiger partial charge in [-0.3, -0.25) is 14.2 Å². The molecule has 10 nitrogen and oxygen atoms in total. The Morgan fingerprint density at radius 3 is 2.74 bits per heavy atom. The minimum absolute atomic E-state index is 0.0763. The number of hydrogen-bond acceptors (Lipinski definition) is 8. The van der Waals surface area contributed by atoms with Crippen LogP contribution in [0.2, 0.25) is 0 Å². The lowest BCUT2D eigenvalue weighted by molar-refractivity contribution is 0.102. The summed E-state index contributed by atoms with van der Waals surface area (Å²) in [7, 11) is -2.06. The number of sulfonamides is 1. The van der Waals surface area contributed by atoms with Crippen molar-refractivity contribution < 1.29 is 22.0 Å². The molecule has 0 aliphatic rings. The molecule has 0 saturated heterocycles. The second-order valence-electron chi connectivity index (χ2n) is 7.24. The third-order valence-electron chi connectivity index (χ3n) is 4.63. The Morgan fingerprint density at radius 1 is 1.24 bits per heavy atom. The van der Waals surface area contributed by atoms with Crippen molar-refractivity contribution in [1.29, 1.82) is 0 Å². The molecule has 0 radical (unpaired) electrons. The molecule has 0 atom stereocenters. The normalized spacial score (nSPS) is 11.5. The van der Waals surface area contributed by atoms with Crippen LogP contribution in [-0.2, 0) is 17.1 Å². The van der Waals surface area contributed by atoms with Crippen molar-refractivity contribution in [2.24, 2.45) is 7.05 Å². The number of anilines is 4. The molecule has 14 heteroatoms. The van der Waals surface area contributed by atoms with Crippen LogP contribution in [0.15, 0.2) is 36.2 Å². The fraction of sp³-hybridized carbons (Fsp3) is 0.200. The zero-order valence-corrected chi connectivity index (χ0v) is 19.6. The maximum atomic E-state index is 14.9. The summed E-state index contributed by atoms with van der Waals surface area (Å²) in [5.41, 5.74) is -0.209. The zero-order valence-electron chi connectivity index (χ0n) is 18.0. The van der Waals surface area contributed by atoms with E-state index in [0.29, 0.717) is 22.6 Å². The molecular weight excluding hydrogens is 488 g/mol. The highest BCUT2D eigenvalue weighted by molar-refractivity contribution is 7.92. The Labute approximate surface area is 197 Å². The van der Waals surface area contributed by atoms with Crippen LogP contribution in [0.3, 0.4) is 0 Å². The maximum Gasteiger partial charge on any atom is 0.258 e. The second-order valence-corrected chi connectivity index (χ2v) is 9.96. The molecule has 0 aliphatic carbocycles. The van der Waals surface area contributed by atoms with Crippen LogP contribution in [0.4, 0.5) is 31.7 Å². The molecule has 0 saturated carbocycles. The van der Waals surface area contributed by atoms with E-state index in [9.17, 15) is 22.0 Å². The molecule has 1 aromatic carbocycles. The van der Waals surface area contributed by atoms with Crippen LogP contribution in [-0.4, -0.2) is 39.8 Å². The lowest BCUT2D eigenvalue weighted by atomic mass is 10.2. The number of halogens is 2. The standard InChI is InChI=1S/C20H19F2N7O3S2/c1-3-6-34(31,32)28-14-5-4-13(21)17(15(14)22)27-20(30)12-9-33-18-16(12)23-10-24-19(18)26-11-7-25-29(2)8-11/h4-5,7-10,28H,3,6H2,1-2H3,(H,27,30)(H,23,24,26). The molecule has 0 spiro atoms. The van der Waals surface area contributed by atoms with Gasteiger partial charge in [0.2, 0.25) is 10.0 Å². The first-order valence-electron chi connectivity index (χ1n) is 9.96. The third kappa shape index (κ3) is 4.82. The highest BCUT2D eigenvalue weighted by Gasteiger charge is 2.22. The number of rotatable bonds is 8. The van der Waals surface area contributed by atoms with E-state index in [-0.39, 0.29) is 16.8 Å². The Balaban J connectivity index is 1.62. The second kappa shape index (κ2) is 9.30. The first-order chi connectivity index (χ1) is 16.2. The first kappa shape index (κ1) is 23.5. The minimum Gasteiger partial charge on any atom is -0.336 e. The van der Waals surface area contributed by atoms with Crippen LogP contribution in [0, 0.1) is 11.6 Å². The van der Waals surface area contributed by atoms with E-state index in [1.807, 2.05) is 0 Å². The average molecular weight is 508 g/mol. The molecule has 0 aliphatic heterocycles. The van der Waals surface area contributed by atoms with E-state index in [0.717, 1.165) is 12.1 Å². The van der Waals surface area contributed by atoms with Crippen LogP contribution in [0.25, 0.3) is 10.2 Å². The van der Waals surface area contributed by atoms with E-state index in [1.54, 1.807) is 31.0 Å². The van der Waals surface area contributed by atoms with E-state index in [4.69, 9.17) is 0 Å². The van der Waals surface area contributed by atoms with Crippen molar-refractivity contribution in [2.45, 2.75) is 13.3 Å². The van der Waals surface area contributed by atoms with Crippen LogP contribution in [0.1, 0.15) is 23.7 Å². The number of nitrogens with one attached hydrogen (secondary N) is 3. The Hall–Kier alpha value is -3.65. The van der Waals surface area contributed by atoms with Crippen molar-refractivity contribution in [3.05, 3.63) is 53.4 Å². The Bertz CT molecular complexity index is 1480. The van der Waals surface area contributed by atoms with E-state index in [2.05, 4.69) is 30.4 Å². The quantitative estimate of drug-likeness (QED) is 0.330. The van der Waals surface area contributed by atoms with Crippen LogP contribution >= 0.6 is 11.3 Å². The molecule has 34 heavy (non-hydrogen) atoms. The summed E-state index contributed by atoms with van der Waals surface area (Å²) in [5, 5.41) is 10.8. The zero-order chi connectivity index (χ0) is 24.5. The summed E-state index contributed by atoms with van der Waals surface area (Å²) >= 11 is 1.18. The van der Waals surface area contributed by atoms with Gasteiger partial charge >= 0.3 is 0 Å². The van der Waals surface area contributed by atoms with Crippen molar-refractivity contribution in [2.75, 3.05) is 21.1 Å². The number of benzene rings is 1. The molecule has 4 aromatic rings. The smallest absolute Gasteiger partial charge is 0.258 e.